The molecule has 108 valence electrons. The zero-order valence-corrected chi connectivity index (χ0v) is 12.4. The van der Waals surface area contributed by atoms with Gasteiger partial charge in [0.05, 0.1) is 0 Å². The van der Waals surface area contributed by atoms with Crippen molar-refractivity contribution in [3.63, 3.8) is 0 Å². The maximum Gasteiger partial charge on any atom is 0.126 e. The van der Waals surface area contributed by atoms with Gasteiger partial charge in [0, 0.05) is 11.6 Å². The van der Waals surface area contributed by atoms with Crippen molar-refractivity contribution >= 4 is 0 Å². The topological polar surface area (TPSA) is 15.3 Å². The highest BCUT2D eigenvalue weighted by atomic mass is 19.1. The highest BCUT2D eigenvalue weighted by Crippen LogP contribution is 2.24. The van der Waals surface area contributed by atoms with Crippen LogP contribution in [0.1, 0.15) is 25.8 Å². The number of hydrogen-bond acceptors (Lipinski definition) is 2. The molecule has 2 nitrogen and oxygen atoms in total. The Bertz CT molecular complexity index is 421. The zero-order chi connectivity index (χ0) is 14.6. The molecule has 1 aromatic carbocycles. The molecule has 1 N–H and O–H groups in total. The molecule has 2 atom stereocenters. The molecule has 0 aromatic heterocycles. The molecule has 0 radical (unpaired) electrons. The van der Waals surface area contributed by atoms with Gasteiger partial charge in [0.15, 0.2) is 0 Å². The van der Waals surface area contributed by atoms with Crippen LogP contribution in [0, 0.1) is 11.6 Å². The highest BCUT2D eigenvalue weighted by Gasteiger charge is 2.34. The lowest BCUT2D eigenvalue weighted by Crippen LogP contribution is -2.57. The minimum absolute atomic E-state index is 0.0452. The third-order valence-corrected chi connectivity index (χ3v) is 4.27. The summed E-state index contributed by atoms with van der Waals surface area (Å²) < 4.78 is 27.0. The Hall–Kier alpha value is -1.00. The highest BCUT2D eigenvalue weighted by molar-refractivity contribution is 5.21. The second-order valence-corrected chi connectivity index (χ2v) is 5.39. The summed E-state index contributed by atoms with van der Waals surface area (Å²) in [4.78, 5) is 2.13. The van der Waals surface area contributed by atoms with E-state index < -0.39 is 5.82 Å². The maximum atomic E-state index is 13.8. The van der Waals surface area contributed by atoms with Gasteiger partial charge in [-0.05, 0) is 64.7 Å². The molecular formula is C15H24F2N2. The summed E-state index contributed by atoms with van der Waals surface area (Å²) in [6, 6.07) is 3.67. The lowest BCUT2D eigenvalue weighted by molar-refractivity contribution is 0.116. The summed E-state index contributed by atoms with van der Waals surface area (Å²) in [5, 5.41) is 3.24. The fourth-order valence-electron chi connectivity index (χ4n) is 2.43. The van der Waals surface area contributed by atoms with Gasteiger partial charge in [0.1, 0.15) is 11.6 Å². The van der Waals surface area contributed by atoms with E-state index in [1.165, 1.54) is 12.1 Å². The van der Waals surface area contributed by atoms with Crippen molar-refractivity contribution in [1.82, 2.24) is 10.2 Å². The van der Waals surface area contributed by atoms with E-state index in [2.05, 4.69) is 24.1 Å². The van der Waals surface area contributed by atoms with Crippen molar-refractivity contribution in [2.45, 2.75) is 38.3 Å². The number of hydrogen-bond donors (Lipinski definition) is 1. The van der Waals surface area contributed by atoms with Crippen molar-refractivity contribution in [2.75, 3.05) is 21.1 Å². The van der Waals surface area contributed by atoms with E-state index in [1.54, 1.807) is 0 Å². The summed E-state index contributed by atoms with van der Waals surface area (Å²) in [6.07, 6.45) is 1.38. The number of rotatable bonds is 6. The average Bonchev–Trinajstić information content (AvgIpc) is 2.38. The summed E-state index contributed by atoms with van der Waals surface area (Å²) >= 11 is 0. The summed E-state index contributed by atoms with van der Waals surface area (Å²) in [5.41, 5.74) is 0.300. The van der Waals surface area contributed by atoms with E-state index in [-0.39, 0.29) is 17.4 Å². The first-order valence-electron chi connectivity index (χ1n) is 6.63. The molecule has 0 aliphatic rings. The molecule has 0 heterocycles. The summed E-state index contributed by atoms with van der Waals surface area (Å²) in [5.74, 6) is -0.742. The van der Waals surface area contributed by atoms with Crippen molar-refractivity contribution in [2.24, 2.45) is 0 Å². The first-order valence-corrected chi connectivity index (χ1v) is 6.63. The van der Waals surface area contributed by atoms with E-state index in [9.17, 15) is 8.78 Å². The number of nitrogens with zero attached hydrogens (tertiary/aromatic N) is 1. The van der Waals surface area contributed by atoms with Gasteiger partial charge in [0.25, 0.3) is 0 Å². The Morgan fingerprint density at radius 2 is 1.95 bits per heavy atom. The van der Waals surface area contributed by atoms with Crippen LogP contribution in [0.25, 0.3) is 0 Å². The molecule has 0 saturated carbocycles. The third-order valence-electron chi connectivity index (χ3n) is 4.27. The Morgan fingerprint density at radius 3 is 2.42 bits per heavy atom. The van der Waals surface area contributed by atoms with Crippen molar-refractivity contribution in [1.29, 1.82) is 0 Å². The largest absolute Gasteiger partial charge is 0.315 e. The molecule has 0 aliphatic carbocycles. The van der Waals surface area contributed by atoms with Gasteiger partial charge in [-0.15, -0.1) is 0 Å². The number of likely N-dealkylation sites (N-methyl/N-ethyl adjacent to an activating group) is 2. The summed E-state index contributed by atoms with van der Waals surface area (Å²) in [6.45, 7) is 4.23. The van der Waals surface area contributed by atoms with E-state index >= 15 is 0 Å². The molecule has 0 amide bonds. The van der Waals surface area contributed by atoms with Crippen LogP contribution in [0.4, 0.5) is 8.78 Å². The number of benzene rings is 1. The van der Waals surface area contributed by atoms with Gasteiger partial charge < -0.3 is 10.2 Å². The fraction of sp³-hybridized carbons (Fsp3) is 0.600. The molecule has 0 spiro atoms. The van der Waals surface area contributed by atoms with Crippen LogP contribution in [-0.2, 0) is 6.42 Å². The molecule has 4 heteroatoms. The molecular weight excluding hydrogens is 246 g/mol. The van der Waals surface area contributed by atoms with Crippen LogP contribution in [0.2, 0.25) is 0 Å². The predicted molar refractivity (Wildman–Crippen MR) is 75.3 cm³/mol. The van der Waals surface area contributed by atoms with Crippen LogP contribution < -0.4 is 5.32 Å². The lowest BCUT2D eigenvalue weighted by atomic mass is 9.84. The standard InChI is InChI=1S/C15H24F2N2/c1-6-15(2,19(4)5)14(18-3)10-11-9-12(16)7-8-13(11)17/h7-9,14,18H,6,10H2,1-5H3. The fourth-order valence-corrected chi connectivity index (χ4v) is 2.43. The van der Waals surface area contributed by atoms with E-state index in [4.69, 9.17) is 0 Å². The Morgan fingerprint density at radius 1 is 1.32 bits per heavy atom. The van der Waals surface area contributed by atoms with Crippen molar-refractivity contribution in [3.8, 4) is 0 Å². The molecule has 2 unspecified atom stereocenters. The van der Waals surface area contributed by atoms with Crippen LogP contribution in [0.5, 0.6) is 0 Å². The van der Waals surface area contributed by atoms with Gasteiger partial charge in [-0.2, -0.15) is 0 Å². The Balaban J connectivity index is 3.02. The van der Waals surface area contributed by atoms with Crippen LogP contribution in [0.15, 0.2) is 18.2 Å². The minimum Gasteiger partial charge on any atom is -0.315 e. The molecule has 0 bridgehead atoms. The van der Waals surface area contributed by atoms with Crippen LogP contribution in [0.3, 0.4) is 0 Å². The monoisotopic (exact) mass is 270 g/mol. The molecule has 0 aliphatic heterocycles. The van der Waals surface area contributed by atoms with E-state index in [0.29, 0.717) is 12.0 Å². The lowest BCUT2D eigenvalue weighted by Gasteiger charge is -2.42. The van der Waals surface area contributed by atoms with Gasteiger partial charge in [-0.1, -0.05) is 6.92 Å². The average molecular weight is 270 g/mol. The third kappa shape index (κ3) is 3.51. The predicted octanol–water partition coefficient (Wildman–Crippen LogP) is 2.83. The first kappa shape index (κ1) is 16.1. The molecule has 19 heavy (non-hydrogen) atoms. The number of nitrogens with one attached hydrogen (secondary N) is 1. The molecule has 0 saturated heterocycles. The first-order chi connectivity index (χ1) is 8.85. The normalized spacial score (nSPS) is 16.4. The molecule has 1 rings (SSSR count). The molecule has 1 aromatic rings. The van der Waals surface area contributed by atoms with Crippen LogP contribution >= 0.6 is 0 Å². The van der Waals surface area contributed by atoms with Gasteiger partial charge in [0.2, 0.25) is 0 Å². The quantitative estimate of drug-likeness (QED) is 0.855. The van der Waals surface area contributed by atoms with E-state index in [1.807, 2.05) is 21.1 Å². The maximum absolute atomic E-state index is 13.8. The van der Waals surface area contributed by atoms with Crippen molar-refractivity contribution in [3.05, 3.63) is 35.4 Å². The minimum atomic E-state index is -0.394. The summed E-state index contributed by atoms with van der Waals surface area (Å²) in [7, 11) is 5.88. The van der Waals surface area contributed by atoms with Crippen molar-refractivity contribution < 1.29 is 8.78 Å². The Kier molecular flexibility index (Phi) is 5.44. The van der Waals surface area contributed by atoms with Gasteiger partial charge >= 0.3 is 0 Å². The SMILES string of the molecule is CCC(C)(C(Cc1cc(F)ccc1F)NC)N(C)C. The molecule has 0 fully saturated rings. The Labute approximate surface area is 114 Å². The second-order valence-electron chi connectivity index (χ2n) is 5.39. The number of halogens is 2. The van der Waals surface area contributed by atoms with Gasteiger partial charge in [-0.25, -0.2) is 8.78 Å². The van der Waals surface area contributed by atoms with Gasteiger partial charge in [-0.3, -0.25) is 0 Å². The zero-order valence-electron chi connectivity index (χ0n) is 12.4. The van der Waals surface area contributed by atoms with Crippen LogP contribution in [-0.4, -0.2) is 37.6 Å². The smallest absolute Gasteiger partial charge is 0.126 e. The second kappa shape index (κ2) is 6.44. The van der Waals surface area contributed by atoms with E-state index in [0.717, 1.165) is 12.5 Å².